The minimum atomic E-state index is -3.66. The highest BCUT2D eigenvalue weighted by molar-refractivity contribution is 7.91. The Labute approximate surface area is 232 Å². The molecule has 1 aliphatic rings. The summed E-state index contributed by atoms with van der Waals surface area (Å²) >= 11 is 5.93. The number of nitrogens with one attached hydrogen (secondary N) is 2. The number of nitrogens with zero attached hydrogens (tertiary/aromatic N) is 1. The number of aliphatic imine (C=N–C) groups is 1. The van der Waals surface area contributed by atoms with Gasteiger partial charge < -0.3 is 14.6 Å². The summed E-state index contributed by atoms with van der Waals surface area (Å²) in [5.74, 6) is 0.0649. The number of rotatable bonds is 13. The Morgan fingerprint density at radius 1 is 1.05 bits per heavy atom. The van der Waals surface area contributed by atoms with Crippen LogP contribution in [0.3, 0.4) is 0 Å². The van der Waals surface area contributed by atoms with E-state index in [4.69, 9.17) is 26.2 Å². The molecule has 0 bridgehead atoms. The van der Waals surface area contributed by atoms with Crippen LogP contribution in [0, 0.1) is 0 Å². The van der Waals surface area contributed by atoms with Gasteiger partial charge in [0.05, 0.1) is 17.3 Å². The number of amides is 1. The third kappa shape index (κ3) is 7.57. The Morgan fingerprint density at radius 2 is 1.77 bits per heavy atom. The molecule has 0 saturated carbocycles. The molecule has 1 heterocycles. The summed E-state index contributed by atoms with van der Waals surface area (Å²) in [5, 5.41) is 9.52. The first kappa shape index (κ1) is 28.6. The Hall–Kier alpha value is -3.44. The number of ether oxygens (including phenoxy) is 2. The average molecular weight is 572 g/mol. The number of carbonyl (C=O) groups excluding carboxylic acids is 1. The molecule has 0 unspecified atom stereocenters. The monoisotopic (exact) mass is 571 g/mol. The summed E-state index contributed by atoms with van der Waals surface area (Å²) in [4.78, 5) is 18.2. The van der Waals surface area contributed by atoms with Crippen LogP contribution in [0.4, 0.5) is 0 Å². The van der Waals surface area contributed by atoms with Crippen LogP contribution >= 0.6 is 11.6 Å². The van der Waals surface area contributed by atoms with Gasteiger partial charge in [-0.25, -0.2) is 18.8 Å². The summed E-state index contributed by atoms with van der Waals surface area (Å²) in [6.45, 7) is 0.642. The quantitative estimate of drug-likeness (QED) is 0.212. The molecule has 0 aromatic heterocycles. The first-order valence-electron chi connectivity index (χ1n) is 12.4. The zero-order valence-corrected chi connectivity index (χ0v) is 22.7. The van der Waals surface area contributed by atoms with Gasteiger partial charge in [0.1, 0.15) is 12.4 Å². The van der Waals surface area contributed by atoms with E-state index in [1.54, 1.807) is 54.6 Å². The van der Waals surface area contributed by atoms with E-state index in [1.165, 1.54) is 12.1 Å². The van der Waals surface area contributed by atoms with E-state index >= 15 is 0 Å². The molecule has 9 nitrogen and oxygen atoms in total. The van der Waals surface area contributed by atoms with Crippen molar-refractivity contribution in [2.75, 3.05) is 25.6 Å². The van der Waals surface area contributed by atoms with E-state index in [1.807, 2.05) is 12.1 Å². The van der Waals surface area contributed by atoms with Crippen LogP contribution in [-0.4, -0.2) is 56.4 Å². The number of carbonyl (C=O) groups is 1. The van der Waals surface area contributed by atoms with E-state index in [2.05, 4.69) is 15.8 Å². The predicted octanol–water partition coefficient (Wildman–Crippen LogP) is 3.30. The molecular formula is C28H30ClN3O6S. The summed E-state index contributed by atoms with van der Waals surface area (Å²) in [5.41, 5.74) is 5.62. The fraction of sp³-hybridized carbons (Fsp3) is 0.286. The number of sulfone groups is 1. The molecule has 3 N–H and O–H groups in total. The number of aliphatic hydroxyl groups is 1. The van der Waals surface area contributed by atoms with Crippen LogP contribution in [-0.2, 0) is 25.9 Å². The highest BCUT2D eigenvalue weighted by Crippen LogP contribution is 2.28. The lowest BCUT2D eigenvalue weighted by Gasteiger charge is -2.23. The maximum Gasteiger partial charge on any atom is 0.265 e. The van der Waals surface area contributed by atoms with Gasteiger partial charge in [0, 0.05) is 30.2 Å². The normalized spacial score (nSPS) is 16.8. The Bertz CT molecular complexity index is 1380. The molecule has 1 atom stereocenters. The fourth-order valence-electron chi connectivity index (χ4n) is 3.89. The Morgan fingerprint density at radius 3 is 2.46 bits per heavy atom. The minimum absolute atomic E-state index is 0.0431. The summed E-state index contributed by atoms with van der Waals surface area (Å²) in [6.07, 6.45) is 0.442. The van der Waals surface area contributed by atoms with E-state index < -0.39 is 21.3 Å². The second kappa shape index (κ2) is 13.1. The van der Waals surface area contributed by atoms with E-state index in [0.717, 1.165) is 5.56 Å². The van der Waals surface area contributed by atoms with Gasteiger partial charge in [-0.2, -0.15) is 0 Å². The SMILES string of the molecule is O=C(NNCc1ccc(Cl)cc1)[C@]1(CCS(=O)(=O)c2ccccc2)COC(c2ccc(OCCCO)cc2)=N1. The third-order valence-corrected chi connectivity index (χ3v) is 8.14. The molecule has 1 aliphatic heterocycles. The van der Waals surface area contributed by atoms with Crippen LogP contribution in [0.1, 0.15) is 24.0 Å². The highest BCUT2D eigenvalue weighted by atomic mass is 35.5. The van der Waals surface area contributed by atoms with Crippen LogP contribution in [0.5, 0.6) is 5.75 Å². The van der Waals surface area contributed by atoms with Gasteiger partial charge in [-0.05, 0) is 60.5 Å². The molecule has 0 radical (unpaired) electrons. The van der Waals surface area contributed by atoms with E-state index in [0.29, 0.717) is 35.9 Å². The molecular weight excluding hydrogens is 542 g/mol. The third-order valence-electron chi connectivity index (χ3n) is 6.15. The zero-order chi connectivity index (χ0) is 27.7. The van der Waals surface area contributed by atoms with Crippen molar-refractivity contribution < 1.29 is 27.8 Å². The molecule has 11 heteroatoms. The smallest absolute Gasteiger partial charge is 0.265 e. The van der Waals surface area contributed by atoms with Crippen molar-refractivity contribution in [3.63, 3.8) is 0 Å². The second-order valence-corrected chi connectivity index (χ2v) is 11.5. The fourth-order valence-corrected chi connectivity index (χ4v) is 5.43. The van der Waals surface area contributed by atoms with E-state index in [9.17, 15) is 13.2 Å². The maximum atomic E-state index is 13.4. The molecule has 39 heavy (non-hydrogen) atoms. The number of hydrogen-bond donors (Lipinski definition) is 3. The van der Waals surface area contributed by atoms with Gasteiger partial charge in [0.25, 0.3) is 5.91 Å². The van der Waals surface area contributed by atoms with Crippen molar-refractivity contribution in [1.82, 2.24) is 10.9 Å². The zero-order valence-electron chi connectivity index (χ0n) is 21.2. The van der Waals surface area contributed by atoms with Gasteiger partial charge >= 0.3 is 0 Å². The molecule has 1 amide bonds. The van der Waals surface area contributed by atoms with Crippen LogP contribution in [0.25, 0.3) is 0 Å². The molecule has 0 saturated heterocycles. The first-order chi connectivity index (χ1) is 18.8. The van der Waals surface area contributed by atoms with E-state index in [-0.39, 0.29) is 36.2 Å². The van der Waals surface area contributed by atoms with Crippen molar-refractivity contribution in [3.8, 4) is 5.75 Å². The summed E-state index contributed by atoms with van der Waals surface area (Å²) in [6, 6.07) is 22.3. The van der Waals surface area contributed by atoms with Gasteiger partial charge in [-0.15, -0.1) is 0 Å². The Kier molecular flexibility index (Phi) is 9.58. The van der Waals surface area contributed by atoms with Crippen LogP contribution in [0.2, 0.25) is 5.02 Å². The van der Waals surface area contributed by atoms with Crippen molar-refractivity contribution in [1.29, 1.82) is 0 Å². The average Bonchev–Trinajstić information content (AvgIpc) is 3.40. The topological polar surface area (TPSA) is 126 Å². The van der Waals surface area contributed by atoms with Gasteiger partial charge in [0.15, 0.2) is 15.4 Å². The number of hydrazine groups is 1. The standard InChI is InChI=1S/C28H30ClN3O6S/c29-23-11-7-21(8-12-23)19-30-32-27(34)28(15-18-39(35,36)25-5-2-1-3-6-25)20-38-26(31-28)22-9-13-24(14-10-22)37-17-4-16-33/h1-3,5-14,30,33H,4,15-20H2,(H,32,34)/t28-/m0/s1. The summed E-state index contributed by atoms with van der Waals surface area (Å²) < 4.78 is 37.4. The first-order valence-corrected chi connectivity index (χ1v) is 14.5. The molecule has 4 rings (SSSR count). The molecule has 3 aromatic carbocycles. The minimum Gasteiger partial charge on any atom is -0.494 e. The second-order valence-electron chi connectivity index (χ2n) is 9.00. The predicted molar refractivity (Wildman–Crippen MR) is 148 cm³/mol. The van der Waals surface area contributed by atoms with Crippen LogP contribution in [0.15, 0.2) is 88.8 Å². The van der Waals surface area contributed by atoms with Crippen molar-refractivity contribution in [3.05, 3.63) is 95.0 Å². The number of benzene rings is 3. The van der Waals surface area contributed by atoms with Gasteiger partial charge in [-0.3, -0.25) is 10.2 Å². The largest absolute Gasteiger partial charge is 0.494 e. The van der Waals surface area contributed by atoms with Gasteiger partial charge in [0.2, 0.25) is 5.90 Å². The molecule has 0 spiro atoms. The lowest BCUT2D eigenvalue weighted by Crippen LogP contribution is -2.52. The lowest BCUT2D eigenvalue weighted by molar-refractivity contribution is -0.127. The number of halogens is 1. The van der Waals surface area contributed by atoms with Crippen molar-refractivity contribution in [2.45, 2.75) is 29.8 Å². The molecule has 3 aromatic rings. The summed E-state index contributed by atoms with van der Waals surface area (Å²) in [7, 11) is -3.66. The van der Waals surface area contributed by atoms with Gasteiger partial charge in [-0.1, -0.05) is 41.9 Å². The van der Waals surface area contributed by atoms with Crippen LogP contribution < -0.4 is 15.6 Å². The van der Waals surface area contributed by atoms with Crippen molar-refractivity contribution >= 4 is 33.2 Å². The highest BCUT2D eigenvalue weighted by Gasteiger charge is 2.45. The Balaban J connectivity index is 1.51. The molecule has 0 aliphatic carbocycles. The molecule has 206 valence electrons. The number of aliphatic hydroxyl groups excluding tert-OH is 1. The van der Waals surface area contributed by atoms with Crippen molar-refractivity contribution in [2.24, 2.45) is 4.99 Å². The number of hydrogen-bond acceptors (Lipinski definition) is 8. The molecule has 0 fully saturated rings. The lowest BCUT2D eigenvalue weighted by atomic mass is 9.98. The maximum absolute atomic E-state index is 13.4.